The van der Waals surface area contributed by atoms with Gasteiger partial charge in [0.15, 0.2) is 11.5 Å². The fourth-order valence-electron chi connectivity index (χ4n) is 4.68. The number of halogens is 1. The number of nitrogens with one attached hydrogen (secondary N) is 2. The first kappa shape index (κ1) is 24.0. The van der Waals surface area contributed by atoms with Crippen LogP contribution in [0.25, 0.3) is 5.65 Å². The molecule has 190 valence electrons. The van der Waals surface area contributed by atoms with Crippen LogP contribution in [0.5, 0.6) is 0 Å². The quantitative estimate of drug-likeness (QED) is 0.555. The Morgan fingerprint density at radius 2 is 1.97 bits per heavy atom. The van der Waals surface area contributed by atoms with Crippen LogP contribution in [0.2, 0.25) is 0 Å². The topological polar surface area (TPSA) is 114 Å². The molecule has 11 heteroatoms. The molecular formula is C25H30FN7O3. The predicted octanol–water partition coefficient (Wildman–Crippen LogP) is 3.71. The van der Waals surface area contributed by atoms with Gasteiger partial charge in [0.2, 0.25) is 0 Å². The molecule has 5 rings (SSSR count). The highest BCUT2D eigenvalue weighted by molar-refractivity contribution is 6.02. The van der Waals surface area contributed by atoms with E-state index in [1.54, 1.807) is 25.5 Å². The highest BCUT2D eigenvalue weighted by atomic mass is 19.1. The lowest BCUT2D eigenvalue weighted by Gasteiger charge is -2.27. The second kappa shape index (κ2) is 8.72. The number of rotatable bonds is 5. The summed E-state index contributed by atoms with van der Waals surface area (Å²) in [6.07, 6.45) is 8.48. The molecule has 2 N–H and O–H groups in total. The monoisotopic (exact) mass is 495 g/mol. The van der Waals surface area contributed by atoms with E-state index in [0.29, 0.717) is 23.7 Å². The number of amides is 2. The highest BCUT2D eigenvalue weighted by Crippen LogP contribution is 2.49. The molecule has 1 atom stereocenters. The molecule has 2 fully saturated rings. The normalized spacial score (nSPS) is 18.8. The van der Waals surface area contributed by atoms with Gasteiger partial charge in [0.05, 0.1) is 23.8 Å². The zero-order valence-corrected chi connectivity index (χ0v) is 20.8. The van der Waals surface area contributed by atoms with Gasteiger partial charge in [-0.05, 0) is 47.0 Å². The maximum absolute atomic E-state index is 14.3. The van der Waals surface area contributed by atoms with Crippen molar-refractivity contribution in [2.45, 2.75) is 58.1 Å². The molecule has 0 unspecified atom stereocenters. The lowest BCUT2D eigenvalue weighted by atomic mass is 9.99. The maximum atomic E-state index is 14.3. The second-order valence-electron chi connectivity index (χ2n) is 10.7. The Morgan fingerprint density at radius 3 is 2.64 bits per heavy atom. The van der Waals surface area contributed by atoms with Gasteiger partial charge in [-0.15, -0.1) is 0 Å². The smallest absolute Gasteiger partial charge is 0.408 e. The van der Waals surface area contributed by atoms with E-state index in [4.69, 9.17) is 4.74 Å². The van der Waals surface area contributed by atoms with Crippen molar-refractivity contribution in [3.05, 3.63) is 48.1 Å². The number of aromatic nitrogens is 4. The van der Waals surface area contributed by atoms with Gasteiger partial charge in [-0.25, -0.2) is 24.1 Å². The van der Waals surface area contributed by atoms with Crippen molar-refractivity contribution in [1.82, 2.24) is 24.7 Å². The molecule has 0 aromatic carbocycles. The zero-order chi connectivity index (χ0) is 25.7. The van der Waals surface area contributed by atoms with Crippen LogP contribution in [0.4, 0.5) is 20.7 Å². The van der Waals surface area contributed by atoms with E-state index in [1.165, 1.54) is 16.7 Å². The van der Waals surface area contributed by atoms with E-state index in [-0.39, 0.29) is 28.9 Å². The van der Waals surface area contributed by atoms with Gasteiger partial charge in [-0.2, -0.15) is 0 Å². The Hall–Kier alpha value is -3.76. The summed E-state index contributed by atoms with van der Waals surface area (Å²) < 4.78 is 21.7. The third-order valence-electron chi connectivity index (χ3n) is 6.53. The SMILES string of the molecule is Cc1cn2cc(NC(=O)c3cnc(N4CC[C@@H](C5(OC(=O)NC(C)(C)C)CC5)C4)cn3)cc(F)c2n1. The minimum Gasteiger partial charge on any atom is -0.443 e. The molecule has 2 amide bonds. The second-order valence-corrected chi connectivity index (χ2v) is 10.7. The van der Waals surface area contributed by atoms with Gasteiger partial charge >= 0.3 is 6.09 Å². The van der Waals surface area contributed by atoms with Crippen LogP contribution in [-0.4, -0.2) is 55.6 Å². The van der Waals surface area contributed by atoms with Crippen molar-refractivity contribution in [1.29, 1.82) is 0 Å². The molecule has 1 saturated carbocycles. The van der Waals surface area contributed by atoms with Gasteiger partial charge < -0.3 is 24.7 Å². The number of carbonyl (C=O) groups is 2. The molecule has 4 heterocycles. The molecule has 3 aromatic rings. The van der Waals surface area contributed by atoms with Crippen molar-refractivity contribution in [3.63, 3.8) is 0 Å². The summed E-state index contributed by atoms with van der Waals surface area (Å²) >= 11 is 0. The van der Waals surface area contributed by atoms with Crippen molar-refractivity contribution in [3.8, 4) is 0 Å². The van der Waals surface area contributed by atoms with Gasteiger partial charge in [-0.1, -0.05) is 0 Å². The predicted molar refractivity (Wildman–Crippen MR) is 132 cm³/mol. The van der Waals surface area contributed by atoms with Gasteiger partial charge in [0, 0.05) is 43.0 Å². The number of hydrogen-bond acceptors (Lipinski definition) is 7. The average molecular weight is 496 g/mol. The Kier molecular flexibility index (Phi) is 5.80. The lowest BCUT2D eigenvalue weighted by Crippen LogP contribution is -2.44. The number of aryl methyl sites for hydroxylation is 1. The molecule has 1 saturated heterocycles. The minimum absolute atomic E-state index is 0.123. The molecule has 3 aromatic heterocycles. The fourth-order valence-corrected chi connectivity index (χ4v) is 4.68. The summed E-state index contributed by atoms with van der Waals surface area (Å²) in [6, 6.07) is 1.23. The van der Waals surface area contributed by atoms with Crippen LogP contribution in [0.15, 0.2) is 30.9 Å². The van der Waals surface area contributed by atoms with Gasteiger partial charge in [-0.3, -0.25) is 4.79 Å². The minimum atomic E-state index is -0.528. The Balaban J connectivity index is 1.20. The number of nitrogens with zero attached hydrogens (tertiary/aromatic N) is 5. The molecule has 0 bridgehead atoms. The molecule has 10 nitrogen and oxygen atoms in total. The van der Waals surface area contributed by atoms with E-state index in [1.807, 2.05) is 20.8 Å². The molecule has 0 radical (unpaired) electrons. The summed E-state index contributed by atoms with van der Waals surface area (Å²) in [5.74, 6) is -0.145. The van der Waals surface area contributed by atoms with Crippen LogP contribution in [0, 0.1) is 18.7 Å². The third-order valence-corrected chi connectivity index (χ3v) is 6.53. The number of carbonyl (C=O) groups excluding carboxylic acids is 2. The number of ether oxygens (including phenoxy) is 1. The van der Waals surface area contributed by atoms with Gasteiger partial charge in [0.1, 0.15) is 17.1 Å². The average Bonchev–Trinajstić information content (AvgIpc) is 3.21. The maximum Gasteiger partial charge on any atom is 0.408 e. The molecular weight excluding hydrogens is 465 g/mol. The van der Waals surface area contributed by atoms with E-state index < -0.39 is 17.3 Å². The van der Waals surface area contributed by atoms with Crippen LogP contribution < -0.4 is 15.5 Å². The first-order valence-corrected chi connectivity index (χ1v) is 12.1. The van der Waals surface area contributed by atoms with Crippen LogP contribution in [0.1, 0.15) is 56.2 Å². The summed E-state index contributed by atoms with van der Waals surface area (Å²) in [7, 11) is 0. The third kappa shape index (κ3) is 4.95. The van der Waals surface area contributed by atoms with Crippen molar-refractivity contribution in [2.75, 3.05) is 23.3 Å². The Morgan fingerprint density at radius 1 is 1.19 bits per heavy atom. The number of hydrogen-bond donors (Lipinski definition) is 2. The van der Waals surface area contributed by atoms with E-state index in [0.717, 1.165) is 25.8 Å². The van der Waals surface area contributed by atoms with Gasteiger partial charge in [0.25, 0.3) is 5.91 Å². The fraction of sp³-hybridized carbons (Fsp3) is 0.480. The molecule has 2 aliphatic rings. The molecule has 1 aliphatic heterocycles. The standard InChI is InChI=1S/C25H30FN7O3/c1-15-12-33-14-17(9-18(26)21(33)29-15)30-22(34)19-10-28-20(11-27-19)32-8-5-16(13-32)25(6-7-25)36-23(35)31-24(2,3)4/h9-12,14,16H,5-8,13H2,1-4H3,(H,30,34)(H,31,35)/t16-/m1/s1. The number of imidazole rings is 1. The van der Waals surface area contributed by atoms with Crippen LogP contribution in [0.3, 0.4) is 0 Å². The lowest BCUT2D eigenvalue weighted by molar-refractivity contribution is 0.0446. The molecule has 1 aliphatic carbocycles. The summed E-state index contributed by atoms with van der Waals surface area (Å²) in [6.45, 7) is 9.00. The van der Waals surface area contributed by atoms with Crippen molar-refractivity contribution < 1.29 is 18.7 Å². The van der Waals surface area contributed by atoms with Crippen LogP contribution >= 0.6 is 0 Å². The summed E-state index contributed by atoms with van der Waals surface area (Å²) in [4.78, 5) is 39.9. The first-order chi connectivity index (χ1) is 17.0. The number of pyridine rings is 1. The van der Waals surface area contributed by atoms with E-state index >= 15 is 0 Å². The summed E-state index contributed by atoms with van der Waals surface area (Å²) in [5.41, 5.74) is 0.528. The Labute approximate surface area is 208 Å². The zero-order valence-electron chi connectivity index (χ0n) is 20.8. The highest BCUT2D eigenvalue weighted by Gasteiger charge is 2.55. The number of anilines is 2. The Bertz CT molecular complexity index is 1310. The van der Waals surface area contributed by atoms with E-state index in [9.17, 15) is 14.0 Å². The van der Waals surface area contributed by atoms with Crippen molar-refractivity contribution >= 4 is 29.2 Å². The van der Waals surface area contributed by atoms with E-state index in [2.05, 4.69) is 30.5 Å². The molecule has 0 spiro atoms. The molecule has 36 heavy (non-hydrogen) atoms. The van der Waals surface area contributed by atoms with Crippen LogP contribution in [-0.2, 0) is 4.74 Å². The number of fused-ring (bicyclic) bond motifs is 1. The first-order valence-electron chi connectivity index (χ1n) is 12.1. The van der Waals surface area contributed by atoms with Crippen molar-refractivity contribution in [2.24, 2.45) is 5.92 Å². The summed E-state index contributed by atoms with van der Waals surface area (Å²) in [5, 5.41) is 5.53. The largest absolute Gasteiger partial charge is 0.443 e. The number of alkyl carbamates (subject to hydrolysis) is 1.